The van der Waals surface area contributed by atoms with Crippen LogP contribution >= 0.6 is 11.6 Å². The van der Waals surface area contributed by atoms with Crippen LogP contribution in [0.4, 0.5) is 11.4 Å². The highest BCUT2D eigenvalue weighted by molar-refractivity contribution is 6.33. The molecule has 1 atom stereocenters. The first-order chi connectivity index (χ1) is 10.1. The number of halogens is 1. The number of carbonyl (C=O) groups excluding carboxylic acids is 1. The van der Waals surface area contributed by atoms with Crippen LogP contribution in [-0.2, 0) is 4.79 Å². The van der Waals surface area contributed by atoms with E-state index in [0.717, 1.165) is 54.6 Å². The van der Waals surface area contributed by atoms with Crippen LogP contribution in [0.15, 0.2) is 12.1 Å². The largest absolute Gasteiger partial charge is 0.369 e. The average Bonchev–Trinajstić information content (AvgIpc) is 2.61. The van der Waals surface area contributed by atoms with Crippen LogP contribution in [0.3, 0.4) is 0 Å². The van der Waals surface area contributed by atoms with E-state index in [2.05, 4.69) is 27.5 Å². The zero-order chi connectivity index (χ0) is 15.0. The molecule has 1 saturated heterocycles. The number of nitrogens with one attached hydrogen (secondary N) is 2. The lowest BCUT2D eigenvalue weighted by molar-refractivity contribution is -0.117. The second kappa shape index (κ2) is 5.83. The van der Waals surface area contributed by atoms with Gasteiger partial charge in [0.15, 0.2) is 0 Å². The third-order valence-electron chi connectivity index (χ3n) is 4.30. The number of anilines is 2. The molecule has 6 heteroatoms. The van der Waals surface area contributed by atoms with Crippen LogP contribution in [0.25, 0.3) is 0 Å². The quantitative estimate of drug-likeness (QED) is 0.873. The predicted molar refractivity (Wildman–Crippen MR) is 86.2 cm³/mol. The van der Waals surface area contributed by atoms with E-state index < -0.39 is 0 Å². The second-order valence-electron chi connectivity index (χ2n) is 5.75. The summed E-state index contributed by atoms with van der Waals surface area (Å²) in [5.74, 6) is -0.0173. The molecule has 1 amide bonds. The minimum atomic E-state index is -0.304. The molecule has 0 spiro atoms. The van der Waals surface area contributed by atoms with Gasteiger partial charge >= 0.3 is 0 Å². The Hall–Kier alpha value is -1.30. The normalized spacial score (nSPS) is 22.9. The fraction of sp³-hybridized carbons (Fsp3) is 0.533. The molecular weight excluding hydrogens is 288 g/mol. The smallest absolute Gasteiger partial charge is 0.246 e. The van der Waals surface area contributed by atoms with Crippen molar-refractivity contribution >= 4 is 28.9 Å². The van der Waals surface area contributed by atoms with Gasteiger partial charge in [-0.3, -0.25) is 4.79 Å². The van der Waals surface area contributed by atoms with E-state index in [9.17, 15) is 4.79 Å². The third kappa shape index (κ3) is 2.73. The molecule has 1 unspecified atom stereocenters. The standard InChI is InChI=1S/C15H21ClN4O/c1-17-14-10-8-11(16)13(9-12(10)18-15(14)21)20-5-3-4-19(2)6-7-20/h8-9,14,17H,3-7H2,1-2H3,(H,18,21). The van der Waals surface area contributed by atoms with Crippen molar-refractivity contribution in [1.29, 1.82) is 0 Å². The number of carbonyl (C=O) groups is 1. The van der Waals surface area contributed by atoms with Crippen molar-refractivity contribution in [2.24, 2.45) is 0 Å². The van der Waals surface area contributed by atoms with Crippen molar-refractivity contribution in [3.63, 3.8) is 0 Å². The van der Waals surface area contributed by atoms with Crippen LogP contribution in [0, 0.1) is 0 Å². The van der Waals surface area contributed by atoms with Crippen LogP contribution in [0.2, 0.25) is 5.02 Å². The van der Waals surface area contributed by atoms with Gasteiger partial charge < -0.3 is 20.4 Å². The monoisotopic (exact) mass is 308 g/mol. The lowest BCUT2D eigenvalue weighted by atomic mass is 10.1. The van der Waals surface area contributed by atoms with Crippen molar-refractivity contribution in [1.82, 2.24) is 10.2 Å². The number of fused-ring (bicyclic) bond motifs is 1. The van der Waals surface area contributed by atoms with Crippen molar-refractivity contribution in [2.45, 2.75) is 12.5 Å². The Morgan fingerprint density at radius 3 is 2.86 bits per heavy atom. The summed E-state index contributed by atoms with van der Waals surface area (Å²) < 4.78 is 0. The summed E-state index contributed by atoms with van der Waals surface area (Å²) in [6.07, 6.45) is 1.12. The van der Waals surface area contributed by atoms with Gasteiger partial charge in [-0.05, 0) is 39.2 Å². The highest BCUT2D eigenvalue weighted by atomic mass is 35.5. The van der Waals surface area contributed by atoms with Gasteiger partial charge in [0.25, 0.3) is 0 Å². The first-order valence-electron chi connectivity index (χ1n) is 7.35. The van der Waals surface area contributed by atoms with E-state index in [0.29, 0.717) is 0 Å². The number of hydrogen-bond acceptors (Lipinski definition) is 4. The fourth-order valence-corrected chi connectivity index (χ4v) is 3.38. The molecule has 2 N–H and O–H groups in total. The number of benzene rings is 1. The number of nitrogens with zero attached hydrogens (tertiary/aromatic N) is 2. The summed E-state index contributed by atoms with van der Waals surface area (Å²) in [7, 11) is 3.93. The zero-order valence-electron chi connectivity index (χ0n) is 12.4. The molecule has 0 saturated carbocycles. The Labute approximate surface area is 130 Å². The molecule has 1 aromatic carbocycles. The Bertz CT molecular complexity index is 563. The Balaban J connectivity index is 1.91. The molecule has 0 aromatic heterocycles. The van der Waals surface area contributed by atoms with Gasteiger partial charge in [0.05, 0.1) is 10.7 Å². The molecule has 1 fully saturated rings. The molecule has 0 radical (unpaired) electrons. The molecule has 0 bridgehead atoms. The highest BCUT2D eigenvalue weighted by Gasteiger charge is 2.31. The number of hydrogen-bond donors (Lipinski definition) is 2. The van der Waals surface area contributed by atoms with Gasteiger partial charge in [0, 0.05) is 30.9 Å². The zero-order valence-corrected chi connectivity index (χ0v) is 13.2. The third-order valence-corrected chi connectivity index (χ3v) is 4.60. The SMILES string of the molecule is CNC1C(=O)Nc2cc(N3CCCN(C)CC3)c(Cl)cc21. The Morgan fingerprint density at radius 2 is 2.10 bits per heavy atom. The number of amides is 1. The summed E-state index contributed by atoms with van der Waals surface area (Å²) >= 11 is 6.48. The Kier molecular flexibility index (Phi) is 4.06. The second-order valence-corrected chi connectivity index (χ2v) is 6.15. The van der Waals surface area contributed by atoms with Gasteiger partial charge in [-0.1, -0.05) is 11.6 Å². The molecule has 3 rings (SSSR count). The van der Waals surface area contributed by atoms with Crippen molar-refractivity contribution < 1.29 is 4.79 Å². The van der Waals surface area contributed by atoms with Crippen molar-refractivity contribution in [2.75, 3.05) is 50.5 Å². The fourth-order valence-electron chi connectivity index (χ4n) is 3.09. The summed E-state index contributed by atoms with van der Waals surface area (Å²) in [4.78, 5) is 16.6. The first-order valence-corrected chi connectivity index (χ1v) is 7.73. The molecular formula is C15H21ClN4O. The topological polar surface area (TPSA) is 47.6 Å². The van der Waals surface area contributed by atoms with Gasteiger partial charge in [0.1, 0.15) is 6.04 Å². The van der Waals surface area contributed by atoms with Crippen LogP contribution in [0.1, 0.15) is 18.0 Å². The maximum absolute atomic E-state index is 11.9. The summed E-state index contributed by atoms with van der Waals surface area (Å²) in [5.41, 5.74) is 2.82. The predicted octanol–water partition coefficient (Wildman–Crippen LogP) is 1.69. The van der Waals surface area contributed by atoms with E-state index in [-0.39, 0.29) is 11.9 Å². The molecule has 21 heavy (non-hydrogen) atoms. The van der Waals surface area contributed by atoms with Crippen LogP contribution in [0.5, 0.6) is 0 Å². The summed E-state index contributed by atoms with van der Waals surface area (Å²) in [6, 6.07) is 3.62. The van der Waals surface area contributed by atoms with Crippen LogP contribution in [-0.4, -0.2) is 51.1 Å². The molecule has 114 valence electrons. The number of rotatable bonds is 2. The first kappa shape index (κ1) is 14.6. The maximum Gasteiger partial charge on any atom is 0.246 e. The van der Waals surface area contributed by atoms with Gasteiger partial charge in [-0.25, -0.2) is 0 Å². The Morgan fingerprint density at radius 1 is 1.29 bits per heavy atom. The average molecular weight is 309 g/mol. The summed E-state index contributed by atoms with van der Waals surface area (Å²) in [6.45, 7) is 4.08. The highest BCUT2D eigenvalue weighted by Crippen LogP contribution is 2.39. The van der Waals surface area contributed by atoms with Gasteiger partial charge in [0.2, 0.25) is 5.91 Å². The van der Waals surface area contributed by atoms with Crippen molar-refractivity contribution in [3.8, 4) is 0 Å². The molecule has 2 heterocycles. The lowest BCUT2D eigenvalue weighted by Gasteiger charge is -2.24. The number of likely N-dealkylation sites (N-methyl/N-ethyl adjacent to an activating group) is 2. The molecule has 0 aliphatic carbocycles. The van der Waals surface area contributed by atoms with E-state index in [1.54, 1.807) is 7.05 Å². The van der Waals surface area contributed by atoms with Crippen LogP contribution < -0.4 is 15.5 Å². The molecule has 2 aliphatic heterocycles. The maximum atomic E-state index is 11.9. The van der Waals surface area contributed by atoms with E-state index in [1.165, 1.54) is 0 Å². The van der Waals surface area contributed by atoms with Crippen molar-refractivity contribution in [3.05, 3.63) is 22.7 Å². The molecule has 2 aliphatic rings. The van der Waals surface area contributed by atoms with E-state index in [1.807, 2.05) is 12.1 Å². The van der Waals surface area contributed by atoms with Gasteiger partial charge in [-0.15, -0.1) is 0 Å². The lowest BCUT2D eigenvalue weighted by Crippen LogP contribution is -2.29. The minimum Gasteiger partial charge on any atom is -0.369 e. The van der Waals surface area contributed by atoms with Gasteiger partial charge in [-0.2, -0.15) is 0 Å². The molecule has 5 nitrogen and oxygen atoms in total. The van der Waals surface area contributed by atoms with E-state index in [4.69, 9.17) is 11.6 Å². The summed E-state index contributed by atoms with van der Waals surface area (Å²) in [5, 5.41) is 6.67. The van der Waals surface area contributed by atoms with E-state index >= 15 is 0 Å². The minimum absolute atomic E-state index is 0.0173. The molecule has 1 aromatic rings.